The Balaban J connectivity index is 1.32. The number of aromatic nitrogens is 1. The summed E-state index contributed by atoms with van der Waals surface area (Å²) >= 11 is 1.52. The van der Waals surface area contributed by atoms with Crippen LogP contribution >= 0.6 is 11.3 Å². The molecule has 156 valence electrons. The molecule has 30 heavy (non-hydrogen) atoms. The van der Waals surface area contributed by atoms with Gasteiger partial charge in [0, 0.05) is 37.8 Å². The predicted octanol–water partition coefficient (Wildman–Crippen LogP) is 2.71. The molecule has 1 aliphatic heterocycles. The summed E-state index contributed by atoms with van der Waals surface area (Å²) in [4.78, 5) is 33.5. The summed E-state index contributed by atoms with van der Waals surface area (Å²) in [6, 6.07) is 13.1. The van der Waals surface area contributed by atoms with Crippen molar-refractivity contribution in [3.05, 3.63) is 76.1 Å². The molecular formula is C22H24N4O3S. The molecule has 1 unspecified atom stereocenters. The fraction of sp³-hybridized carbons (Fsp3) is 0.318. The predicted molar refractivity (Wildman–Crippen MR) is 114 cm³/mol. The second kappa shape index (κ2) is 9.23. The van der Waals surface area contributed by atoms with Crippen molar-refractivity contribution < 1.29 is 14.0 Å². The third kappa shape index (κ3) is 4.77. The quantitative estimate of drug-likeness (QED) is 0.658. The number of benzene rings is 1. The lowest BCUT2D eigenvalue weighted by atomic mass is 10.1. The lowest BCUT2D eigenvalue weighted by Gasteiger charge is -2.34. The largest absolute Gasteiger partial charge is 0.456 e. The Bertz CT molecular complexity index is 979. The van der Waals surface area contributed by atoms with Crippen LogP contribution in [0.1, 0.15) is 32.9 Å². The summed E-state index contributed by atoms with van der Waals surface area (Å²) in [6.45, 7) is 4.54. The van der Waals surface area contributed by atoms with Crippen molar-refractivity contribution in [1.82, 2.24) is 20.1 Å². The zero-order valence-electron chi connectivity index (χ0n) is 16.8. The minimum absolute atomic E-state index is 0.0551. The number of rotatable bonds is 6. The zero-order chi connectivity index (χ0) is 20.9. The average molecular weight is 425 g/mol. The third-order valence-electron chi connectivity index (χ3n) is 5.11. The van der Waals surface area contributed by atoms with Gasteiger partial charge in [0.05, 0.1) is 6.54 Å². The first-order valence-electron chi connectivity index (χ1n) is 9.92. The smallest absolute Gasteiger partial charge is 0.289 e. The van der Waals surface area contributed by atoms with Crippen molar-refractivity contribution in [3.8, 4) is 0 Å². The van der Waals surface area contributed by atoms with Crippen molar-refractivity contribution in [1.29, 1.82) is 0 Å². The number of aryl methyl sites for hydroxylation is 1. The molecule has 1 saturated heterocycles. The highest BCUT2D eigenvalue weighted by Crippen LogP contribution is 2.23. The topological polar surface area (TPSA) is 78.7 Å². The monoisotopic (exact) mass is 424 g/mol. The van der Waals surface area contributed by atoms with E-state index in [9.17, 15) is 9.59 Å². The lowest BCUT2D eigenvalue weighted by Crippen LogP contribution is -2.51. The normalized spacial score (nSPS) is 15.7. The number of nitrogens with zero attached hydrogens (tertiary/aromatic N) is 3. The van der Waals surface area contributed by atoms with Crippen LogP contribution < -0.4 is 5.32 Å². The maximum Gasteiger partial charge on any atom is 0.289 e. The van der Waals surface area contributed by atoms with Gasteiger partial charge in [0.1, 0.15) is 16.8 Å². The Labute approximate surface area is 179 Å². The first kappa shape index (κ1) is 20.3. The third-order valence-corrected chi connectivity index (χ3v) is 5.95. The van der Waals surface area contributed by atoms with Gasteiger partial charge >= 0.3 is 0 Å². The van der Waals surface area contributed by atoms with Crippen LogP contribution in [0.25, 0.3) is 0 Å². The number of furan rings is 1. The van der Waals surface area contributed by atoms with Gasteiger partial charge in [0.25, 0.3) is 5.91 Å². The number of thiazole rings is 1. The molecule has 2 amide bonds. The van der Waals surface area contributed by atoms with Crippen LogP contribution in [-0.2, 0) is 4.79 Å². The molecule has 2 aromatic heterocycles. The Morgan fingerprint density at radius 3 is 2.53 bits per heavy atom. The summed E-state index contributed by atoms with van der Waals surface area (Å²) < 4.78 is 5.44. The fourth-order valence-corrected chi connectivity index (χ4v) is 4.25. The first-order chi connectivity index (χ1) is 14.6. The van der Waals surface area contributed by atoms with Gasteiger partial charge in [-0.15, -0.1) is 11.3 Å². The molecule has 1 aliphatic rings. The van der Waals surface area contributed by atoms with E-state index in [1.807, 2.05) is 42.6 Å². The maximum absolute atomic E-state index is 12.8. The molecule has 4 rings (SSSR count). The summed E-state index contributed by atoms with van der Waals surface area (Å²) in [5, 5.41) is 5.89. The van der Waals surface area contributed by atoms with Crippen molar-refractivity contribution in [2.75, 3.05) is 32.7 Å². The van der Waals surface area contributed by atoms with E-state index in [0.717, 1.165) is 16.3 Å². The highest BCUT2D eigenvalue weighted by Gasteiger charge is 2.26. The number of piperazine rings is 1. The summed E-state index contributed by atoms with van der Waals surface area (Å²) in [5.74, 6) is 0.940. The lowest BCUT2D eigenvalue weighted by molar-refractivity contribution is -0.123. The van der Waals surface area contributed by atoms with Gasteiger partial charge < -0.3 is 14.6 Å². The Hall–Kier alpha value is -2.97. The average Bonchev–Trinajstić information content (AvgIpc) is 3.45. The number of hydrogen-bond donors (Lipinski definition) is 1. The van der Waals surface area contributed by atoms with Crippen LogP contribution in [-0.4, -0.2) is 59.3 Å². The van der Waals surface area contributed by atoms with E-state index in [1.54, 1.807) is 23.2 Å². The van der Waals surface area contributed by atoms with E-state index in [4.69, 9.17) is 4.42 Å². The zero-order valence-corrected chi connectivity index (χ0v) is 17.6. The molecule has 0 radical (unpaired) electrons. The summed E-state index contributed by atoms with van der Waals surface area (Å²) in [7, 11) is 0. The van der Waals surface area contributed by atoms with Crippen molar-refractivity contribution in [2.24, 2.45) is 0 Å². The molecule has 1 N–H and O–H groups in total. The van der Waals surface area contributed by atoms with Crippen molar-refractivity contribution in [3.63, 3.8) is 0 Å². The summed E-state index contributed by atoms with van der Waals surface area (Å²) in [6.07, 6.45) is 1.75. The number of hydrogen-bond acceptors (Lipinski definition) is 6. The van der Waals surface area contributed by atoms with Gasteiger partial charge in [-0.1, -0.05) is 30.3 Å². The standard InChI is InChI=1S/C22H24N4O3S/c1-16-7-8-18(29-16)22(28)26-12-10-25(11-13-26)15-19(27)24-20(21-23-9-14-30-21)17-5-3-2-4-6-17/h2-9,14,20H,10-13,15H2,1H3,(H,24,27). The van der Waals surface area contributed by atoms with Crippen LogP contribution in [0, 0.1) is 6.92 Å². The van der Waals surface area contributed by atoms with E-state index in [2.05, 4.69) is 15.2 Å². The SMILES string of the molecule is Cc1ccc(C(=O)N2CCN(CC(=O)NC(c3ccccc3)c3nccs3)CC2)o1. The van der Waals surface area contributed by atoms with Gasteiger partial charge in [-0.2, -0.15) is 0 Å². The second-order valence-corrected chi connectivity index (χ2v) is 8.19. The minimum atomic E-state index is -0.260. The van der Waals surface area contributed by atoms with Gasteiger partial charge in [0.2, 0.25) is 5.91 Å². The van der Waals surface area contributed by atoms with Crippen LogP contribution in [0.2, 0.25) is 0 Å². The molecule has 0 saturated carbocycles. The first-order valence-corrected chi connectivity index (χ1v) is 10.8. The van der Waals surface area contributed by atoms with Crippen LogP contribution in [0.4, 0.5) is 0 Å². The molecule has 8 heteroatoms. The molecule has 1 aromatic carbocycles. The van der Waals surface area contributed by atoms with E-state index >= 15 is 0 Å². The van der Waals surface area contributed by atoms with Crippen molar-refractivity contribution in [2.45, 2.75) is 13.0 Å². The Morgan fingerprint density at radius 1 is 1.13 bits per heavy atom. The van der Waals surface area contributed by atoms with E-state index in [1.165, 1.54) is 11.3 Å². The number of carbonyl (C=O) groups excluding carboxylic acids is 2. The summed E-state index contributed by atoms with van der Waals surface area (Å²) in [5.41, 5.74) is 1.00. The minimum Gasteiger partial charge on any atom is -0.456 e. The molecule has 0 bridgehead atoms. The van der Waals surface area contributed by atoms with Crippen LogP contribution in [0.15, 0.2) is 58.5 Å². The number of carbonyl (C=O) groups is 2. The number of amides is 2. The maximum atomic E-state index is 12.8. The van der Waals surface area contributed by atoms with Gasteiger partial charge in [0.15, 0.2) is 5.76 Å². The van der Waals surface area contributed by atoms with E-state index in [-0.39, 0.29) is 24.4 Å². The molecule has 7 nitrogen and oxygen atoms in total. The van der Waals surface area contributed by atoms with E-state index < -0.39 is 0 Å². The molecule has 1 atom stereocenters. The molecule has 0 spiro atoms. The molecule has 3 heterocycles. The van der Waals surface area contributed by atoms with Gasteiger partial charge in [-0.25, -0.2) is 4.98 Å². The van der Waals surface area contributed by atoms with Gasteiger partial charge in [-0.3, -0.25) is 14.5 Å². The second-order valence-electron chi connectivity index (χ2n) is 7.26. The molecule has 3 aromatic rings. The van der Waals surface area contributed by atoms with Crippen molar-refractivity contribution >= 4 is 23.2 Å². The molecule has 0 aliphatic carbocycles. The molecular weight excluding hydrogens is 400 g/mol. The highest BCUT2D eigenvalue weighted by atomic mass is 32.1. The Morgan fingerprint density at radius 2 is 1.90 bits per heavy atom. The van der Waals surface area contributed by atoms with Crippen LogP contribution in [0.5, 0.6) is 0 Å². The highest BCUT2D eigenvalue weighted by molar-refractivity contribution is 7.09. The van der Waals surface area contributed by atoms with E-state index in [0.29, 0.717) is 31.9 Å². The fourth-order valence-electron chi connectivity index (χ4n) is 3.53. The molecule has 1 fully saturated rings. The van der Waals surface area contributed by atoms with Gasteiger partial charge in [-0.05, 0) is 24.6 Å². The number of nitrogens with one attached hydrogen (secondary N) is 1. The van der Waals surface area contributed by atoms with Crippen LogP contribution in [0.3, 0.4) is 0 Å². The Kier molecular flexibility index (Phi) is 6.25.